The molecule has 1 saturated heterocycles. The molecule has 1 aliphatic rings. The first-order chi connectivity index (χ1) is 9.50. The molecule has 0 radical (unpaired) electrons. The van der Waals surface area contributed by atoms with E-state index in [1.54, 1.807) is 0 Å². The summed E-state index contributed by atoms with van der Waals surface area (Å²) in [6.45, 7) is 14.5. The molecule has 0 atom stereocenters. The number of piperazine rings is 1. The van der Waals surface area contributed by atoms with Gasteiger partial charge in [0.25, 0.3) is 0 Å². The molecule has 0 aromatic carbocycles. The fourth-order valence-electron chi connectivity index (χ4n) is 2.60. The zero-order valence-corrected chi connectivity index (χ0v) is 13.3. The summed E-state index contributed by atoms with van der Waals surface area (Å²) in [5, 5.41) is 3.41. The predicted molar refractivity (Wildman–Crippen MR) is 86.6 cm³/mol. The van der Waals surface area contributed by atoms with Crippen molar-refractivity contribution in [3.63, 3.8) is 0 Å². The first-order valence-corrected chi connectivity index (χ1v) is 7.69. The standard InChI is InChI=1S/C16H28N4/c1-5-6-18-14-11-15(13-17-12-14)19-7-9-20(10-8-19)16(2,3)4/h11-13,18H,5-10H2,1-4H3. The first kappa shape index (κ1) is 15.1. The van der Waals surface area contributed by atoms with E-state index in [1.807, 2.05) is 12.4 Å². The molecule has 0 saturated carbocycles. The summed E-state index contributed by atoms with van der Waals surface area (Å²) in [4.78, 5) is 9.35. The topological polar surface area (TPSA) is 31.4 Å². The summed E-state index contributed by atoms with van der Waals surface area (Å²) >= 11 is 0. The van der Waals surface area contributed by atoms with E-state index in [9.17, 15) is 0 Å². The van der Waals surface area contributed by atoms with Crippen molar-refractivity contribution < 1.29 is 0 Å². The van der Waals surface area contributed by atoms with Crippen LogP contribution in [-0.4, -0.2) is 48.1 Å². The molecule has 4 nitrogen and oxygen atoms in total. The highest BCUT2D eigenvalue weighted by Gasteiger charge is 2.25. The van der Waals surface area contributed by atoms with Crippen LogP contribution in [0.4, 0.5) is 11.4 Å². The summed E-state index contributed by atoms with van der Waals surface area (Å²) in [5.74, 6) is 0. The van der Waals surface area contributed by atoms with Gasteiger partial charge in [0.1, 0.15) is 0 Å². The molecule has 0 spiro atoms. The summed E-state index contributed by atoms with van der Waals surface area (Å²) in [7, 11) is 0. The molecule has 1 aliphatic heterocycles. The molecule has 0 unspecified atom stereocenters. The van der Waals surface area contributed by atoms with E-state index in [0.717, 1.165) is 44.8 Å². The van der Waals surface area contributed by atoms with Crippen LogP contribution in [0, 0.1) is 0 Å². The van der Waals surface area contributed by atoms with Crippen molar-refractivity contribution in [2.75, 3.05) is 42.9 Å². The Hall–Kier alpha value is -1.29. The van der Waals surface area contributed by atoms with Crippen LogP contribution < -0.4 is 10.2 Å². The Morgan fingerprint density at radius 3 is 2.45 bits per heavy atom. The molecule has 4 heteroatoms. The Morgan fingerprint density at radius 1 is 1.15 bits per heavy atom. The minimum atomic E-state index is 0.273. The summed E-state index contributed by atoms with van der Waals surface area (Å²) in [5.41, 5.74) is 2.64. The molecule has 20 heavy (non-hydrogen) atoms. The molecular formula is C16H28N4. The van der Waals surface area contributed by atoms with Gasteiger partial charge in [0.2, 0.25) is 0 Å². The molecule has 1 aromatic heterocycles. The number of nitrogens with zero attached hydrogens (tertiary/aromatic N) is 3. The van der Waals surface area contributed by atoms with Crippen molar-refractivity contribution in [1.29, 1.82) is 0 Å². The molecule has 1 N–H and O–H groups in total. The van der Waals surface area contributed by atoms with Crippen molar-refractivity contribution in [3.8, 4) is 0 Å². The van der Waals surface area contributed by atoms with E-state index < -0.39 is 0 Å². The van der Waals surface area contributed by atoms with Gasteiger partial charge in [-0.1, -0.05) is 6.92 Å². The molecular weight excluding hydrogens is 248 g/mol. The number of anilines is 2. The molecule has 1 fully saturated rings. The van der Waals surface area contributed by atoms with Gasteiger partial charge in [0.05, 0.1) is 23.8 Å². The fourth-order valence-corrected chi connectivity index (χ4v) is 2.60. The molecule has 2 rings (SSSR count). The van der Waals surface area contributed by atoms with Crippen LogP contribution in [-0.2, 0) is 0 Å². The van der Waals surface area contributed by atoms with Gasteiger partial charge >= 0.3 is 0 Å². The van der Waals surface area contributed by atoms with Crippen molar-refractivity contribution in [1.82, 2.24) is 9.88 Å². The fraction of sp³-hybridized carbons (Fsp3) is 0.688. The largest absolute Gasteiger partial charge is 0.384 e. The third-order valence-corrected chi connectivity index (χ3v) is 3.90. The van der Waals surface area contributed by atoms with Crippen LogP contribution in [0.15, 0.2) is 18.5 Å². The van der Waals surface area contributed by atoms with Crippen molar-refractivity contribution in [3.05, 3.63) is 18.5 Å². The second-order valence-electron chi connectivity index (χ2n) is 6.50. The molecule has 0 aliphatic carbocycles. The summed E-state index contributed by atoms with van der Waals surface area (Å²) < 4.78 is 0. The average molecular weight is 276 g/mol. The van der Waals surface area contributed by atoms with Crippen LogP contribution in [0.25, 0.3) is 0 Å². The minimum absolute atomic E-state index is 0.273. The lowest BCUT2D eigenvalue weighted by Crippen LogP contribution is -2.53. The molecule has 2 heterocycles. The number of aromatic nitrogens is 1. The van der Waals surface area contributed by atoms with Crippen LogP contribution in [0.5, 0.6) is 0 Å². The Morgan fingerprint density at radius 2 is 1.85 bits per heavy atom. The molecule has 0 amide bonds. The lowest BCUT2D eigenvalue weighted by molar-refractivity contribution is 0.128. The second kappa shape index (κ2) is 6.44. The molecule has 112 valence electrons. The van der Waals surface area contributed by atoms with E-state index in [4.69, 9.17) is 0 Å². The maximum Gasteiger partial charge on any atom is 0.0574 e. The van der Waals surface area contributed by atoms with Gasteiger partial charge in [-0.25, -0.2) is 0 Å². The van der Waals surface area contributed by atoms with E-state index >= 15 is 0 Å². The highest BCUT2D eigenvalue weighted by molar-refractivity contribution is 5.55. The van der Waals surface area contributed by atoms with Crippen LogP contribution >= 0.6 is 0 Å². The van der Waals surface area contributed by atoms with E-state index in [0.29, 0.717) is 0 Å². The van der Waals surface area contributed by atoms with E-state index in [1.165, 1.54) is 5.69 Å². The van der Waals surface area contributed by atoms with Gasteiger partial charge in [0, 0.05) is 38.3 Å². The van der Waals surface area contributed by atoms with Gasteiger partial charge in [-0.05, 0) is 33.3 Å². The number of nitrogens with one attached hydrogen (secondary N) is 1. The molecule has 0 bridgehead atoms. The van der Waals surface area contributed by atoms with Gasteiger partial charge in [-0.3, -0.25) is 9.88 Å². The number of rotatable bonds is 4. The van der Waals surface area contributed by atoms with Gasteiger partial charge in [0.15, 0.2) is 0 Å². The van der Waals surface area contributed by atoms with Crippen molar-refractivity contribution in [2.45, 2.75) is 39.7 Å². The highest BCUT2D eigenvalue weighted by atomic mass is 15.3. The third-order valence-electron chi connectivity index (χ3n) is 3.90. The zero-order chi connectivity index (χ0) is 14.6. The van der Waals surface area contributed by atoms with Crippen LogP contribution in [0.1, 0.15) is 34.1 Å². The average Bonchev–Trinajstić information content (AvgIpc) is 2.45. The monoisotopic (exact) mass is 276 g/mol. The zero-order valence-electron chi connectivity index (χ0n) is 13.3. The van der Waals surface area contributed by atoms with E-state index in [2.05, 4.69) is 53.9 Å². The second-order valence-corrected chi connectivity index (χ2v) is 6.50. The SMILES string of the molecule is CCCNc1cncc(N2CCN(C(C)(C)C)CC2)c1. The Kier molecular flexibility index (Phi) is 4.86. The van der Waals surface area contributed by atoms with Gasteiger partial charge in [-0.15, -0.1) is 0 Å². The number of hydrogen-bond acceptors (Lipinski definition) is 4. The predicted octanol–water partition coefficient (Wildman–Crippen LogP) is 2.82. The number of pyridine rings is 1. The Balaban J connectivity index is 1.96. The van der Waals surface area contributed by atoms with Crippen molar-refractivity contribution in [2.24, 2.45) is 0 Å². The Bertz CT molecular complexity index is 417. The van der Waals surface area contributed by atoms with Crippen LogP contribution in [0.2, 0.25) is 0 Å². The Labute approximate surface area is 123 Å². The first-order valence-electron chi connectivity index (χ1n) is 7.69. The van der Waals surface area contributed by atoms with Gasteiger partial charge < -0.3 is 10.2 Å². The molecule has 1 aromatic rings. The smallest absolute Gasteiger partial charge is 0.0574 e. The maximum atomic E-state index is 4.36. The lowest BCUT2D eigenvalue weighted by Gasteiger charge is -2.43. The van der Waals surface area contributed by atoms with E-state index in [-0.39, 0.29) is 5.54 Å². The quantitative estimate of drug-likeness (QED) is 0.916. The lowest BCUT2D eigenvalue weighted by atomic mass is 10.0. The van der Waals surface area contributed by atoms with Crippen molar-refractivity contribution >= 4 is 11.4 Å². The van der Waals surface area contributed by atoms with Gasteiger partial charge in [-0.2, -0.15) is 0 Å². The number of hydrogen-bond donors (Lipinski definition) is 1. The normalized spacial score (nSPS) is 17.3. The third kappa shape index (κ3) is 3.85. The highest BCUT2D eigenvalue weighted by Crippen LogP contribution is 2.22. The summed E-state index contributed by atoms with van der Waals surface area (Å²) in [6.07, 6.45) is 5.02. The summed E-state index contributed by atoms with van der Waals surface area (Å²) in [6, 6.07) is 2.22. The maximum absolute atomic E-state index is 4.36. The van der Waals surface area contributed by atoms with Crippen LogP contribution in [0.3, 0.4) is 0 Å². The minimum Gasteiger partial charge on any atom is -0.384 e.